The molecule has 0 spiro atoms. The smallest absolute Gasteiger partial charge is 0.377 e. The van der Waals surface area contributed by atoms with Crippen LogP contribution in [0.15, 0.2) is 0 Å². The molecule has 1 saturated heterocycles. The highest BCUT2D eigenvalue weighted by Gasteiger charge is 2.37. The van der Waals surface area contributed by atoms with Crippen molar-refractivity contribution in [1.29, 1.82) is 0 Å². The summed E-state index contributed by atoms with van der Waals surface area (Å²) in [5.74, 6) is -1.62. The first kappa shape index (κ1) is 16.6. The van der Waals surface area contributed by atoms with Crippen LogP contribution in [0.4, 0.5) is 0 Å². The largest absolute Gasteiger partial charge is 0.454 e. The zero-order valence-corrected chi connectivity index (χ0v) is 12.7. The number of carbonyl (C=O) groups excluding carboxylic acids is 3. The molecule has 1 aliphatic heterocycles. The summed E-state index contributed by atoms with van der Waals surface area (Å²) >= 11 is 0. The van der Waals surface area contributed by atoms with Gasteiger partial charge in [0, 0.05) is 26.1 Å². The van der Waals surface area contributed by atoms with E-state index in [2.05, 4.69) is 5.32 Å². The number of ether oxygens (including phenoxy) is 1. The Hall–Kier alpha value is -1.43. The summed E-state index contributed by atoms with van der Waals surface area (Å²) in [5.41, 5.74) is -0.715. The number of hydrogen-bond donors (Lipinski definition) is 1. The average Bonchev–Trinajstić information content (AvgIpc) is 2.36. The molecule has 0 aromatic carbocycles. The number of amides is 1. The Labute approximate surface area is 119 Å². The Morgan fingerprint density at radius 3 is 2.50 bits per heavy atom. The van der Waals surface area contributed by atoms with E-state index >= 15 is 0 Å². The lowest BCUT2D eigenvalue weighted by Gasteiger charge is -2.35. The quantitative estimate of drug-likeness (QED) is 0.601. The molecule has 6 nitrogen and oxygen atoms in total. The van der Waals surface area contributed by atoms with Gasteiger partial charge in [-0.05, 0) is 27.2 Å². The first-order chi connectivity index (χ1) is 9.26. The number of piperazine rings is 1. The third kappa shape index (κ3) is 4.59. The van der Waals surface area contributed by atoms with Crippen LogP contribution in [-0.4, -0.2) is 53.8 Å². The van der Waals surface area contributed by atoms with Crippen LogP contribution in [0.2, 0.25) is 0 Å². The summed E-state index contributed by atoms with van der Waals surface area (Å²) in [6.07, 6.45) is 1.11. The van der Waals surface area contributed by atoms with E-state index in [1.807, 2.05) is 6.92 Å². The van der Waals surface area contributed by atoms with E-state index < -0.39 is 23.4 Å². The van der Waals surface area contributed by atoms with Crippen LogP contribution >= 0.6 is 0 Å². The van der Waals surface area contributed by atoms with Crippen molar-refractivity contribution in [2.75, 3.05) is 19.6 Å². The van der Waals surface area contributed by atoms with Crippen molar-refractivity contribution < 1.29 is 19.1 Å². The Balaban J connectivity index is 2.77. The molecule has 1 N–H and O–H groups in total. The molecule has 1 unspecified atom stereocenters. The topological polar surface area (TPSA) is 75.7 Å². The van der Waals surface area contributed by atoms with Crippen LogP contribution in [-0.2, 0) is 19.1 Å². The highest BCUT2D eigenvalue weighted by atomic mass is 16.6. The number of nitrogens with one attached hydrogen (secondary N) is 1. The molecular formula is C14H24N2O4. The Morgan fingerprint density at radius 1 is 1.30 bits per heavy atom. The summed E-state index contributed by atoms with van der Waals surface area (Å²) in [7, 11) is 0. The maximum atomic E-state index is 12.2. The molecule has 1 aliphatic rings. The van der Waals surface area contributed by atoms with Crippen LogP contribution in [0.25, 0.3) is 0 Å². The Kier molecular flexibility index (Phi) is 5.68. The lowest BCUT2D eigenvalue weighted by molar-refractivity contribution is -0.165. The van der Waals surface area contributed by atoms with Gasteiger partial charge in [-0.15, -0.1) is 0 Å². The van der Waals surface area contributed by atoms with Crippen molar-refractivity contribution in [3.8, 4) is 0 Å². The highest BCUT2D eigenvalue weighted by Crippen LogP contribution is 2.12. The van der Waals surface area contributed by atoms with Gasteiger partial charge >= 0.3 is 5.97 Å². The molecule has 0 saturated carbocycles. The molecular weight excluding hydrogens is 260 g/mol. The fourth-order valence-electron chi connectivity index (χ4n) is 2.06. The fraction of sp³-hybridized carbons (Fsp3) is 0.786. The fourth-order valence-corrected chi connectivity index (χ4v) is 2.06. The predicted octanol–water partition coefficient (Wildman–Crippen LogP) is 0.498. The summed E-state index contributed by atoms with van der Waals surface area (Å²) in [5, 5.41) is 3.04. The van der Waals surface area contributed by atoms with Gasteiger partial charge in [0.05, 0.1) is 0 Å². The second-order valence-electron chi connectivity index (χ2n) is 5.92. The number of nitrogens with zero attached hydrogens (tertiary/aromatic N) is 1. The minimum Gasteiger partial charge on any atom is -0.454 e. The normalized spacial score (nSPS) is 19.6. The standard InChI is InChI=1S/C14H24N2O4/c1-5-6-11(17)16-8-7-15-9-10(16)12(18)13(19)20-14(2,3)4/h10,15H,5-9H2,1-4H3. The lowest BCUT2D eigenvalue weighted by atomic mass is 10.1. The third-order valence-corrected chi connectivity index (χ3v) is 2.93. The molecule has 20 heavy (non-hydrogen) atoms. The monoisotopic (exact) mass is 284 g/mol. The zero-order chi connectivity index (χ0) is 15.3. The average molecular weight is 284 g/mol. The molecule has 0 radical (unpaired) electrons. The molecule has 0 aromatic heterocycles. The third-order valence-electron chi connectivity index (χ3n) is 2.93. The van der Waals surface area contributed by atoms with Crippen LogP contribution in [0.5, 0.6) is 0 Å². The van der Waals surface area contributed by atoms with Crippen molar-refractivity contribution in [2.45, 2.75) is 52.2 Å². The molecule has 6 heteroatoms. The van der Waals surface area contributed by atoms with E-state index in [-0.39, 0.29) is 5.91 Å². The first-order valence-corrected chi connectivity index (χ1v) is 7.03. The van der Waals surface area contributed by atoms with Crippen molar-refractivity contribution >= 4 is 17.7 Å². The van der Waals surface area contributed by atoms with Gasteiger partial charge in [-0.1, -0.05) is 6.92 Å². The minimum atomic E-state index is -0.875. The van der Waals surface area contributed by atoms with E-state index in [1.54, 1.807) is 20.8 Å². The molecule has 0 aliphatic carbocycles. The lowest BCUT2D eigenvalue weighted by Crippen LogP contribution is -2.58. The molecule has 1 amide bonds. The van der Waals surface area contributed by atoms with Gasteiger partial charge in [-0.25, -0.2) is 4.79 Å². The second kappa shape index (κ2) is 6.83. The molecule has 0 bridgehead atoms. The molecule has 1 heterocycles. The van der Waals surface area contributed by atoms with Crippen molar-refractivity contribution in [3.63, 3.8) is 0 Å². The minimum absolute atomic E-state index is 0.0871. The molecule has 1 fully saturated rings. The number of ketones is 1. The Morgan fingerprint density at radius 2 is 1.95 bits per heavy atom. The van der Waals surface area contributed by atoms with E-state index in [1.165, 1.54) is 4.90 Å². The van der Waals surface area contributed by atoms with E-state index in [0.29, 0.717) is 26.1 Å². The van der Waals surface area contributed by atoms with Gasteiger partial charge in [-0.3, -0.25) is 9.59 Å². The van der Waals surface area contributed by atoms with Gasteiger partial charge in [0.25, 0.3) is 5.78 Å². The van der Waals surface area contributed by atoms with Crippen molar-refractivity contribution in [3.05, 3.63) is 0 Å². The number of hydrogen-bond acceptors (Lipinski definition) is 5. The van der Waals surface area contributed by atoms with Crippen LogP contribution in [0, 0.1) is 0 Å². The number of Topliss-reactive ketones (excluding diaryl/α,β-unsaturated/α-hetero) is 1. The number of rotatable bonds is 4. The van der Waals surface area contributed by atoms with Crippen LogP contribution < -0.4 is 5.32 Å². The number of carbonyl (C=O) groups is 3. The number of esters is 1. The summed E-state index contributed by atoms with van der Waals surface area (Å²) < 4.78 is 5.09. The van der Waals surface area contributed by atoms with Gasteiger partial charge in [0.2, 0.25) is 5.91 Å². The molecule has 1 rings (SSSR count). The second-order valence-corrected chi connectivity index (χ2v) is 5.92. The van der Waals surface area contributed by atoms with Crippen molar-refractivity contribution in [1.82, 2.24) is 10.2 Å². The van der Waals surface area contributed by atoms with E-state index in [4.69, 9.17) is 4.74 Å². The highest BCUT2D eigenvalue weighted by molar-refractivity contribution is 6.36. The maximum absolute atomic E-state index is 12.2. The zero-order valence-electron chi connectivity index (χ0n) is 12.7. The first-order valence-electron chi connectivity index (χ1n) is 7.03. The molecule has 114 valence electrons. The van der Waals surface area contributed by atoms with Crippen LogP contribution in [0.1, 0.15) is 40.5 Å². The van der Waals surface area contributed by atoms with Gasteiger partial charge in [0.15, 0.2) is 0 Å². The van der Waals surface area contributed by atoms with Gasteiger partial charge < -0.3 is 15.0 Å². The van der Waals surface area contributed by atoms with E-state index in [0.717, 1.165) is 6.42 Å². The van der Waals surface area contributed by atoms with Gasteiger partial charge in [-0.2, -0.15) is 0 Å². The predicted molar refractivity (Wildman–Crippen MR) is 74.1 cm³/mol. The van der Waals surface area contributed by atoms with Gasteiger partial charge in [0.1, 0.15) is 11.6 Å². The van der Waals surface area contributed by atoms with Crippen LogP contribution in [0.3, 0.4) is 0 Å². The summed E-state index contributed by atoms with van der Waals surface area (Å²) in [4.78, 5) is 37.5. The Bertz CT molecular complexity index is 387. The van der Waals surface area contributed by atoms with Crippen molar-refractivity contribution in [2.24, 2.45) is 0 Å². The summed E-state index contributed by atoms with van der Waals surface area (Å²) in [6.45, 7) is 8.40. The summed E-state index contributed by atoms with van der Waals surface area (Å²) in [6, 6.07) is -0.752. The SMILES string of the molecule is CCCC(=O)N1CCNCC1C(=O)C(=O)OC(C)(C)C. The maximum Gasteiger partial charge on any atom is 0.377 e. The molecule has 1 atom stereocenters. The molecule has 0 aromatic rings. The van der Waals surface area contributed by atoms with E-state index in [9.17, 15) is 14.4 Å².